The molecule has 3 aromatic heterocycles. The third-order valence-corrected chi connectivity index (χ3v) is 12.7. The molecule has 60 heavy (non-hydrogen) atoms. The molecule has 2 atom stereocenters. The van der Waals surface area contributed by atoms with Crippen LogP contribution in [0.25, 0.3) is 88.9 Å². The van der Waals surface area contributed by atoms with Crippen molar-refractivity contribution in [3.8, 4) is 45.3 Å². The number of hydrogen-bond acceptors (Lipinski definition) is 2. The molecule has 0 radical (unpaired) electrons. The van der Waals surface area contributed by atoms with Crippen LogP contribution in [0.3, 0.4) is 0 Å². The minimum Gasteiger partial charge on any atom is -0.309 e. The van der Waals surface area contributed by atoms with Gasteiger partial charge < -0.3 is 4.57 Å². The molecule has 294 valence electrons. The van der Waals surface area contributed by atoms with Crippen molar-refractivity contribution in [3.05, 3.63) is 181 Å². The van der Waals surface area contributed by atoms with E-state index in [-0.39, 0.29) is 0 Å². The van der Waals surface area contributed by atoms with Gasteiger partial charge in [-0.3, -0.25) is 4.57 Å². The lowest BCUT2D eigenvalue weighted by Crippen LogP contribution is -2.04. The summed E-state index contributed by atoms with van der Waals surface area (Å²) in [6, 6.07) is 62.0. The summed E-state index contributed by atoms with van der Waals surface area (Å²) in [7, 11) is 0. The number of nitrogens with zero attached hydrogens (tertiary/aromatic N) is 4. The van der Waals surface area contributed by atoms with Gasteiger partial charge in [-0.2, -0.15) is 0 Å². The molecule has 0 saturated carbocycles. The first kappa shape index (κ1) is 37.5. The zero-order valence-corrected chi connectivity index (χ0v) is 34.9. The van der Waals surface area contributed by atoms with E-state index in [0.29, 0.717) is 17.8 Å². The number of benzene rings is 7. The monoisotopic (exact) mass is 778 g/mol. The fraction of sp³-hybridized carbons (Fsp3) is 0.179. The molecule has 4 nitrogen and oxygen atoms in total. The van der Waals surface area contributed by atoms with E-state index < -0.39 is 0 Å². The van der Waals surface area contributed by atoms with Gasteiger partial charge in [0.05, 0.1) is 33.5 Å². The van der Waals surface area contributed by atoms with Gasteiger partial charge in [0.2, 0.25) is 5.95 Å². The molecule has 0 aliphatic heterocycles. The predicted octanol–water partition coefficient (Wildman–Crippen LogP) is 14.8. The minimum absolute atomic E-state index is 0.649. The molecule has 10 aromatic rings. The second-order valence-corrected chi connectivity index (χ2v) is 16.8. The zero-order chi connectivity index (χ0) is 40.7. The number of rotatable bonds is 11. The van der Waals surface area contributed by atoms with Crippen molar-refractivity contribution >= 4 is 43.6 Å². The van der Waals surface area contributed by atoms with Crippen LogP contribution in [0.1, 0.15) is 51.7 Å². The Labute approximate surface area is 352 Å². The average molecular weight is 779 g/mol. The van der Waals surface area contributed by atoms with Crippen LogP contribution in [-0.4, -0.2) is 19.1 Å². The van der Waals surface area contributed by atoms with Crippen LogP contribution in [-0.2, 0) is 12.8 Å². The smallest absolute Gasteiger partial charge is 0.235 e. The average Bonchev–Trinajstić information content (AvgIpc) is 3.81. The van der Waals surface area contributed by atoms with E-state index in [1.807, 2.05) is 0 Å². The molecular formula is C56H50N4. The SMILES string of the molecule is CCC(C)Cc1ccc(-c2cc(-c3ccc(CC(C)CC)cc3)nc(-n3c4ccccc4c4cc(-c5ccc6c7ccccc7n(-c7ccccc7)c6c5)ccc43)n2)cc1. The molecule has 0 aliphatic rings. The fourth-order valence-electron chi connectivity index (χ4n) is 8.92. The van der Waals surface area contributed by atoms with Crippen LogP contribution < -0.4 is 0 Å². The third-order valence-electron chi connectivity index (χ3n) is 12.7. The summed E-state index contributed by atoms with van der Waals surface area (Å²) in [4.78, 5) is 10.7. The lowest BCUT2D eigenvalue weighted by Gasteiger charge is -2.13. The summed E-state index contributed by atoms with van der Waals surface area (Å²) in [5.41, 5.74) is 14.8. The topological polar surface area (TPSA) is 35.6 Å². The Morgan fingerprint density at radius 2 is 0.867 bits per heavy atom. The predicted molar refractivity (Wildman–Crippen MR) is 253 cm³/mol. The van der Waals surface area contributed by atoms with E-state index in [4.69, 9.17) is 9.97 Å². The van der Waals surface area contributed by atoms with Gasteiger partial charge in [-0.15, -0.1) is 0 Å². The van der Waals surface area contributed by atoms with Crippen LogP contribution in [0, 0.1) is 11.8 Å². The van der Waals surface area contributed by atoms with Crippen molar-refractivity contribution in [2.24, 2.45) is 11.8 Å². The van der Waals surface area contributed by atoms with Crippen molar-refractivity contribution in [1.29, 1.82) is 0 Å². The molecule has 2 unspecified atom stereocenters. The maximum absolute atomic E-state index is 5.37. The van der Waals surface area contributed by atoms with Crippen molar-refractivity contribution in [1.82, 2.24) is 19.1 Å². The summed E-state index contributed by atoms with van der Waals surface area (Å²) in [6.45, 7) is 9.18. The fourth-order valence-corrected chi connectivity index (χ4v) is 8.92. The highest BCUT2D eigenvalue weighted by molar-refractivity contribution is 6.12. The number of aromatic nitrogens is 4. The first-order valence-electron chi connectivity index (χ1n) is 21.7. The largest absolute Gasteiger partial charge is 0.309 e. The van der Waals surface area contributed by atoms with E-state index in [0.717, 1.165) is 52.1 Å². The van der Waals surface area contributed by atoms with E-state index >= 15 is 0 Å². The molecule has 0 spiro atoms. The van der Waals surface area contributed by atoms with E-state index in [1.54, 1.807) is 0 Å². The number of fused-ring (bicyclic) bond motifs is 6. The van der Waals surface area contributed by atoms with Gasteiger partial charge in [-0.1, -0.05) is 162 Å². The highest BCUT2D eigenvalue weighted by atomic mass is 15.2. The maximum atomic E-state index is 5.37. The van der Waals surface area contributed by atoms with Gasteiger partial charge in [0.15, 0.2) is 0 Å². The maximum Gasteiger partial charge on any atom is 0.235 e. The van der Waals surface area contributed by atoms with E-state index in [2.05, 4.69) is 207 Å². The lowest BCUT2D eigenvalue weighted by molar-refractivity contribution is 0.560. The van der Waals surface area contributed by atoms with Gasteiger partial charge in [0.1, 0.15) is 0 Å². The van der Waals surface area contributed by atoms with Crippen molar-refractivity contribution < 1.29 is 0 Å². The first-order chi connectivity index (χ1) is 29.4. The third kappa shape index (κ3) is 6.86. The van der Waals surface area contributed by atoms with Crippen LogP contribution in [0.2, 0.25) is 0 Å². The second-order valence-electron chi connectivity index (χ2n) is 16.8. The van der Waals surface area contributed by atoms with E-state index in [1.165, 1.54) is 67.7 Å². The zero-order valence-electron chi connectivity index (χ0n) is 34.9. The Kier molecular flexibility index (Phi) is 9.85. The second kappa shape index (κ2) is 15.8. The van der Waals surface area contributed by atoms with Gasteiger partial charge in [-0.05, 0) is 95.5 Å². The molecule has 0 saturated heterocycles. The van der Waals surface area contributed by atoms with Gasteiger partial charge in [-0.25, -0.2) is 9.97 Å². The van der Waals surface area contributed by atoms with Crippen LogP contribution in [0.15, 0.2) is 170 Å². The van der Waals surface area contributed by atoms with Crippen molar-refractivity contribution in [2.45, 2.75) is 53.4 Å². The van der Waals surface area contributed by atoms with Crippen molar-refractivity contribution in [2.75, 3.05) is 0 Å². The molecule has 0 amide bonds. The molecule has 3 heterocycles. The van der Waals surface area contributed by atoms with Gasteiger partial charge in [0, 0.05) is 38.4 Å². The highest BCUT2D eigenvalue weighted by Gasteiger charge is 2.19. The molecule has 0 fully saturated rings. The number of hydrogen-bond donors (Lipinski definition) is 0. The van der Waals surface area contributed by atoms with E-state index in [9.17, 15) is 0 Å². The highest BCUT2D eigenvalue weighted by Crippen LogP contribution is 2.38. The minimum atomic E-state index is 0.649. The van der Waals surface area contributed by atoms with Crippen LogP contribution in [0.5, 0.6) is 0 Å². The molecule has 4 heteroatoms. The Balaban J connectivity index is 1.12. The summed E-state index contributed by atoms with van der Waals surface area (Å²) in [6.07, 6.45) is 4.50. The van der Waals surface area contributed by atoms with Gasteiger partial charge in [0.25, 0.3) is 0 Å². The quantitative estimate of drug-likeness (QED) is 0.131. The lowest BCUT2D eigenvalue weighted by atomic mass is 9.97. The Bertz CT molecular complexity index is 3060. The first-order valence-corrected chi connectivity index (χ1v) is 21.7. The normalized spacial score (nSPS) is 12.8. The Morgan fingerprint density at radius 3 is 1.47 bits per heavy atom. The number of para-hydroxylation sites is 3. The molecule has 0 aliphatic carbocycles. The Morgan fingerprint density at radius 1 is 0.400 bits per heavy atom. The molecular weight excluding hydrogens is 729 g/mol. The summed E-state index contributed by atoms with van der Waals surface area (Å²) in [5.74, 6) is 1.97. The molecule has 0 bridgehead atoms. The van der Waals surface area contributed by atoms with Crippen LogP contribution in [0.4, 0.5) is 0 Å². The molecule has 7 aromatic carbocycles. The van der Waals surface area contributed by atoms with Crippen LogP contribution >= 0.6 is 0 Å². The molecule has 10 rings (SSSR count). The molecule has 0 N–H and O–H groups in total. The van der Waals surface area contributed by atoms with Gasteiger partial charge >= 0.3 is 0 Å². The van der Waals surface area contributed by atoms with Crippen molar-refractivity contribution in [3.63, 3.8) is 0 Å². The summed E-state index contributed by atoms with van der Waals surface area (Å²) < 4.78 is 4.64. The summed E-state index contributed by atoms with van der Waals surface area (Å²) in [5, 5.41) is 4.85. The Hall–Kier alpha value is -6.78. The summed E-state index contributed by atoms with van der Waals surface area (Å²) >= 11 is 0. The standard InChI is InChI=1S/C56H50N4/c1-5-37(3)32-39-20-24-41(25-21-39)50-36-51(42-26-22-40(23-27-42)33-38(4)6-2)58-56(57-50)60-53-19-13-11-17-47(53)49-34-43(29-31-54(49)60)44-28-30-48-46-16-10-12-18-52(46)59(55(48)35-44)45-14-8-7-9-15-45/h7-31,34-38H,5-6,32-33H2,1-4H3.